The number of hydrogen-bond acceptors (Lipinski definition) is 3. The number of anilines is 2. The van der Waals surface area contributed by atoms with Gasteiger partial charge in [0.25, 0.3) is 0 Å². The molecule has 0 atom stereocenters. The van der Waals surface area contributed by atoms with E-state index in [1.165, 1.54) is 6.92 Å². The number of carbonyl (C=O) groups is 2. The fraction of sp³-hybridized carbons (Fsp3) is 0.500. The highest BCUT2D eigenvalue weighted by Gasteiger charge is 2.35. The Balaban J connectivity index is 0.00000242. The van der Waals surface area contributed by atoms with Gasteiger partial charge in [0.05, 0.1) is 5.54 Å². The van der Waals surface area contributed by atoms with Gasteiger partial charge in [-0.05, 0) is 37.5 Å². The minimum Gasteiger partial charge on any atom is -0.326 e. The first kappa shape index (κ1) is 18.5. The molecule has 122 valence electrons. The van der Waals surface area contributed by atoms with Gasteiger partial charge in [0.1, 0.15) is 0 Å². The fourth-order valence-corrected chi connectivity index (χ4v) is 2.69. The van der Waals surface area contributed by atoms with Gasteiger partial charge in [-0.25, -0.2) is 0 Å². The summed E-state index contributed by atoms with van der Waals surface area (Å²) in [5.41, 5.74) is 7.76. The third kappa shape index (κ3) is 4.45. The lowest BCUT2D eigenvalue weighted by Crippen LogP contribution is -2.52. The van der Waals surface area contributed by atoms with Crippen molar-refractivity contribution in [2.24, 2.45) is 5.73 Å². The summed E-state index contributed by atoms with van der Waals surface area (Å²) in [5, 5.41) is 5.63. The highest BCUT2D eigenvalue weighted by atomic mass is 35.5. The Morgan fingerprint density at radius 1 is 1.14 bits per heavy atom. The van der Waals surface area contributed by atoms with E-state index in [0.717, 1.165) is 37.7 Å². The first-order chi connectivity index (χ1) is 9.90. The number of aryl methyl sites for hydroxylation is 1. The molecule has 1 aromatic carbocycles. The van der Waals surface area contributed by atoms with Gasteiger partial charge in [0.2, 0.25) is 11.8 Å². The Kier molecular flexibility index (Phi) is 6.38. The molecule has 1 aromatic rings. The molecule has 1 aliphatic rings. The van der Waals surface area contributed by atoms with Gasteiger partial charge in [0.15, 0.2) is 0 Å². The standard InChI is InChI=1S/C16H23N3O2.ClH/c1-11-6-7-13(10-14(11)18-12(2)20)19-15(21)16(17)8-4-3-5-9-16;/h6-7,10H,3-5,8-9,17H2,1-2H3,(H,18,20)(H,19,21);1H. The smallest absolute Gasteiger partial charge is 0.244 e. The molecule has 22 heavy (non-hydrogen) atoms. The number of halogens is 1. The Labute approximate surface area is 137 Å². The number of benzene rings is 1. The lowest BCUT2D eigenvalue weighted by Gasteiger charge is -2.31. The Morgan fingerprint density at radius 3 is 2.36 bits per heavy atom. The van der Waals surface area contributed by atoms with Crippen LogP contribution in [0.1, 0.15) is 44.6 Å². The van der Waals surface area contributed by atoms with E-state index in [1.54, 1.807) is 6.07 Å². The van der Waals surface area contributed by atoms with E-state index in [-0.39, 0.29) is 24.2 Å². The molecule has 1 aliphatic carbocycles. The van der Waals surface area contributed by atoms with Crippen LogP contribution in [0.5, 0.6) is 0 Å². The normalized spacial score (nSPS) is 16.3. The van der Waals surface area contributed by atoms with Crippen LogP contribution in [0.3, 0.4) is 0 Å². The minimum absolute atomic E-state index is 0. The largest absolute Gasteiger partial charge is 0.326 e. The third-order valence-electron chi connectivity index (χ3n) is 4.00. The molecule has 6 heteroatoms. The zero-order valence-electron chi connectivity index (χ0n) is 13.1. The molecule has 0 spiro atoms. The van der Waals surface area contributed by atoms with Crippen LogP contribution in [-0.4, -0.2) is 17.4 Å². The summed E-state index contributed by atoms with van der Waals surface area (Å²) in [6.45, 7) is 3.37. The lowest BCUT2D eigenvalue weighted by molar-refractivity contribution is -0.122. The minimum atomic E-state index is -0.767. The number of nitrogens with two attached hydrogens (primary N) is 1. The van der Waals surface area contributed by atoms with E-state index in [9.17, 15) is 9.59 Å². The lowest BCUT2D eigenvalue weighted by atomic mass is 9.82. The van der Waals surface area contributed by atoms with Crippen LogP contribution in [0.15, 0.2) is 18.2 Å². The average molecular weight is 326 g/mol. The van der Waals surface area contributed by atoms with E-state index >= 15 is 0 Å². The van der Waals surface area contributed by atoms with E-state index in [4.69, 9.17) is 5.73 Å². The molecular formula is C16H24ClN3O2. The fourth-order valence-electron chi connectivity index (χ4n) is 2.69. The molecular weight excluding hydrogens is 302 g/mol. The van der Waals surface area contributed by atoms with Crippen LogP contribution < -0.4 is 16.4 Å². The van der Waals surface area contributed by atoms with Crippen LogP contribution in [0.4, 0.5) is 11.4 Å². The van der Waals surface area contributed by atoms with E-state index in [1.807, 2.05) is 19.1 Å². The van der Waals surface area contributed by atoms with Crippen LogP contribution in [0, 0.1) is 6.92 Å². The predicted octanol–water partition coefficient (Wildman–Crippen LogP) is 2.98. The van der Waals surface area contributed by atoms with Gasteiger partial charge in [-0.1, -0.05) is 25.3 Å². The number of hydrogen-bond donors (Lipinski definition) is 3. The van der Waals surface area contributed by atoms with E-state index in [2.05, 4.69) is 10.6 Å². The molecule has 5 nitrogen and oxygen atoms in total. The van der Waals surface area contributed by atoms with Gasteiger partial charge in [-0.3, -0.25) is 9.59 Å². The van der Waals surface area contributed by atoms with Crippen molar-refractivity contribution < 1.29 is 9.59 Å². The van der Waals surface area contributed by atoms with Crippen molar-refractivity contribution >= 4 is 35.6 Å². The van der Waals surface area contributed by atoms with Crippen molar-refractivity contribution in [2.45, 2.75) is 51.5 Å². The van der Waals surface area contributed by atoms with Crippen molar-refractivity contribution in [2.75, 3.05) is 10.6 Å². The molecule has 0 aliphatic heterocycles. The van der Waals surface area contributed by atoms with Crippen LogP contribution in [0.2, 0.25) is 0 Å². The van der Waals surface area contributed by atoms with Crippen molar-refractivity contribution in [3.8, 4) is 0 Å². The summed E-state index contributed by atoms with van der Waals surface area (Å²) in [4.78, 5) is 23.6. The molecule has 1 saturated carbocycles. The molecule has 0 bridgehead atoms. The molecule has 0 radical (unpaired) electrons. The molecule has 2 rings (SSSR count). The maximum absolute atomic E-state index is 12.4. The summed E-state index contributed by atoms with van der Waals surface area (Å²) < 4.78 is 0. The number of amides is 2. The number of carbonyl (C=O) groups excluding carboxylic acids is 2. The zero-order valence-corrected chi connectivity index (χ0v) is 13.9. The van der Waals surface area contributed by atoms with Crippen LogP contribution >= 0.6 is 12.4 Å². The molecule has 4 N–H and O–H groups in total. The first-order valence-corrected chi connectivity index (χ1v) is 7.39. The summed E-state index contributed by atoms with van der Waals surface area (Å²) in [6, 6.07) is 5.45. The van der Waals surface area contributed by atoms with Gasteiger partial charge >= 0.3 is 0 Å². The van der Waals surface area contributed by atoms with Crippen molar-refractivity contribution in [3.05, 3.63) is 23.8 Å². The Morgan fingerprint density at radius 2 is 1.77 bits per heavy atom. The van der Waals surface area contributed by atoms with Gasteiger partial charge in [-0.2, -0.15) is 0 Å². The topological polar surface area (TPSA) is 84.2 Å². The summed E-state index contributed by atoms with van der Waals surface area (Å²) in [7, 11) is 0. The summed E-state index contributed by atoms with van der Waals surface area (Å²) in [5.74, 6) is -0.274. The highest BCUT2D eigenvalue weighted by Crippen LogP contribution is 2.28. The predicted molar refractivity (Wildman–Crippen MR) is 91.4 cm³/mol. The van der Waals surface area contributed by atoms with Crippen LogP contribution in [0.25, 0.3) is 0 Å². The average Bonchev–Trinajstić information content (AvgIpc) is 2.43. The zero-order chi connectivity index (χ0) is 15.5. The SMILES string of the molecule is CC(=O)Nc1cc(NC(=O)C2(N)CCCCC2)ccc1C.Cl. The number of nitrogens with one attached hydrogen (secondary N) is 2. The number of rotatable bonds is 3. The first-order valence-electron chi connectivity index (χ1n) is 7.39. The third-order valence-corrected chi connectivity index (χ3v) is 4.00. The van der Waals surface area contributed by atoms with Crippen molar-refractivity contribution in [3.63, 3.8) is 0 Å². The van der Waals surface area contributed by atoms with Gasteiger partial charge in [0, 0.05) is 18.3 Å². The Bertz CT molecular complexity index is 554. The monoisotopic (exact) mass is 325 g/mol. The maximum atomic E-state index is 12.4. The van der Waals surface area contributed by atoms with E-state index < -0.39 is 5.54 Å². The molecule has 0 heterocycles. The molecule has 2 amide bonds. The van der Waals surface area contributed by atoms with Crippen molar-refractivity contribution in [1.82, 2.24) is 0 Å². The van der Waals surface area contributed by atoms with Crippen LogP contribution in [-0.2, 0) is 9.59 Å². The summed E-state index contributed by atoms with van der Waals surface area (Å²) >= 11 is 0. The molecule has 1 fully saturated rings. The Hall–Kier alpha value is -1.59. The maximum Gasteiger partial charge on any atom is 0.244 e. The van der Waals surface area contributed by atoms with Gasteiger partial charge < -0.3 is 16.4 Å². The highest BCUT2D eigenvalue weighted by molar-refractivity contribution is 5.99. The van der Waals surface area contributed by atoms with Crippen molar-refractivity contribution in [1.29, 1.82) is 0 Å². The quantitative estimate of drug-likeness (QED) is 0.798. The molecule has 0 saturated heterocycles. The van der Waals surface area contributed by atoms with Gasteiger partial charge in [-0.15, -0.1) is 12.4 Å². The molecule has 0 aromatic heterocycles. The molecule has 0 unspecified atom stereocenters. The second-order valence-corrected chi connectivity index (χ2v) is 5.88. The van der Waals surface area contributed by atoms with E-state index in [0.29, 0.717) is 11.4 Å². The second-order valence-electron chi connectivity index (χ2n) is 5.88. The summed E-state index contributed by atoms with van der Waals surface area (Å²) in [6.07, 6.45) is 4.58. The second kappa shape index (κ2) is 7.61.